The molecule has 0 radical (unpaired) electrons. The molecule has 3 aliphatic rings. The number of aromatic nitrogens is 2. The number of methoxy groups -OCH3 is 1. The first kappa shape index (κ1) is 20.9. The number of anilines is 1. The lowest BCUT2D eigenvalue weighted by atomic mass is 9.87. The van der Waals surface area contributed by atoms with E-state index in [4.69, 9.17) is 10.5 Å². The summed E-state index contributed by atoms with van der Waals surface area (Å²) in [5.41, 5.74) is 9.05. The van der Waals surface area contributed by atoms with E-state index in [0.29, 0.717) is 29.2 Å². The van der Waals surface area contributed by atoms with Crippen LogP contribution >= 0.6 is 0 Å². The molecule has 1 aliphatic heterocycles. The Labute approximate surface area is 196 Å². The van der Waals surface area contributed by atoms with Crippen LogP contribution in [0.5, 0.6) is 5.75 Å². The third kappa shape index (κ3) is 2.98. The third-order valence-corrected chi connectivity index (χ3v) is 7.68. The molecule has 2 saturated carbocycles. The molecule has 6 rings (SSSR count). The van der Waals surface area contributed by atoms with Crippen LogP contribution < -0.4 is 15.4 Å². The lowest BCUT2D eigenvalue weighted by Crippen LogP contribution is -2.44. The number of nitrogens with zero attached hydrogens (tertiary/aromatic N) is 3. The number of amides is 2. The van der Waals surface area contributed by atoms with Crippen molar-refractivity contribution >= 4 is 17.5 Å². The molecule has 2 amide bonds. The number of fused-ring (bicyclic) bond motifs is 2. The van der Waals surface area contributed by atoms with E-state index in [-0.39, 0.29) is 29.0 Å². The number of carbonyl (C=O) groups is 2. The van der Waals surface area contributed by atoms with E-state index in [1.165, 1.54) is 0 Å². The van der Waals surface area contributed by atoms with Gasteiger partial charge in [0, 0.05) is 28.6 Å². The van der Waals surface area contributed by atoms with Gasteiger partial charge in [-0.1, -0.05) is 12.1 Å². The number of aliphatic hydroxyl groups is 1. The van der Waals surface area contributed by atoms with Gasteiger partial charge in [-0.3, -0.25) is 9.59 Å². The maximum Gasteiger partial charge on any atom is 0.277 e. The summed E-state index contributed by atoms with van der Waals surface area (Å²) in [6.45, 7) is 0.621. The quantitative estimate of drug-likeness (QED) is 0.590. The normalized spacial score (nSPS) is 19.1. The molecular weight excluding hydrogens is 432 g/mol. The Morgan fingerprint density at radius 3 is 2.24 bits per heavy atom. The van der Waals surface area contributed by atoms with Crippen LogP contribution in [0.3, 0.4) is 0 Å². The van der Waals surface area contributed by atoms with Crippen molar-refractivity contribution in [1.82, 2.24) is 9.78 Å². The van der Waals surface area contributed by atoms with Crippen molar-refractivity contribution in [2.75, 3.05) is 25.2 Å². The minimum absolute atomic E-state index is 0.126. The standard InChI is InChI=1S/C26H26N4O4/c1-34-19-8-6-18(7-9-19)30-22-20(21(28-30)23(27)32)25(10-11-25)14-29(24(22)33)17-4-2-16(3-5-17)26(15-31)12-13-26/h2-9,31H,10-15H2,1H3,(H2,27,32). The first-order valence-corrected chi connectivity index (χ1v) is 11.5. The van der Waals surface area contributed by atoms with Crippen molar-refractivity contribution < 1.29 is 19.4 Å². The van der Waals surface area contributed by atoms with Gasteiger partial charge in [0.25, 0.3) is 11.8 Å². The summed E-state index contributed by atoms with van der Waals surface area (Å²) >= 11 is 0. The van der Waals surface area contributed by atoms with E-state index < -0.39 is 5.91 Å². The zero-order chi connectivity index (χ0) is 23.7. The monoisotopic (exact) mass is 458 g/mol. The van der Waals surface area contributed by atoms with Gasteiger partial charge in [-0.15, -0.1) is 0 Å². The molecule has 8 nitrogen and oxygen atoms in total. The number of hydrogen-bond donors (Lipinski definition) is 2. The zero-order valence-corrected chi connectivity index (χ0v) is 19.0. The molecule has 3 N–H and O–H groups in total. The Bertz CT molecular complexity index is 1300. The highest BCUT2D eigenvalue weighted by molar-refractivity contribution is 6.10. The third-order valence-electron chi connectivity index (χ3n) is 7.68. The highest BCUT2D eigenvalue weighted by Crippen LogP contribution is 2.54. The number of nitrogens with two attached hydrogens (primary N) is 1. The average molecular weight is 459 g/mol. The molecule has 34 heavy (non-hydrogen) atoms. The van der Waals surface area contributed by atoms with Gasteiger partial charge in [-0.25, -0.2) is 4.68 Å². The highest BCUT2D eigenvalue weighted by Gasteiger charge is 2.56. The predicted molar refractivity (Wildman–Crippen MR) is 126 cm³/mol. The Balaban J connectivity index is 1.45. The van der Waals surface area contributed by atoms with Crippen molar-refractivity contribution in [2.45, 2.75) is 36.5 Å². The fourth-order valence-corrected chi connectivity index (χ4v) is 5.23. The minimum atomic E-state index is -0.626. The molecule has 0 atom stereocenters. The van der Waals surface area contributed by atoms with Crippen LogP contribution in [0.15, 0.2) is 48.5 Å². The number of primary amides is 1. The first-order valence-electron chi connectivity index (χ1n) is 11.5. The Kier molecular flexibility index (Phi) is 4.41. The number of hydrogen-bond acceptors (Lipinski definition) is 5. The molecule has 3 aromatic rings. The average Bonchev–Trinajstić information content (AvgIpc) is 3.78. The number of aliphatic hydroxyl groups excluding tert-OH is 1. The van der Waals surface area contributed by atoms with Crippen molar-refractivity contribution in [3.63, 3.8) is 0 Å². The van der Waals surface area contributed by atoms with Crippen LogP contribution in [0.25, 0.3) is 5.69 Å². The summed E-state index contributed by atoms with van der Waals surface area (Å²) in [6, 6.07) is 15.1. The number of benzene rings is 2. The van der Waals surface area contributed by atoms with E-state index >= 15 is 0 Å². The van der Waals surface area contributed by atoms with Crippen molar-refractivity contribution in [3.05, 3.63) is 71.0 Å². The van der Waals surface area contributed by atoms with Gasteiger partial charge in [0.2, 0.25) is 0 Å². The van der Waals surface area contributed by atoms with Crippen LogP contribution in [-0.2, 0) is 10.8 Å². The van der Waals surface area contributed by atoms with Crippen molar-refractivity contribution in [1.29, 1.82) is 0 Å². The summed E-state index contributed by atoms with van der Waals surface area (Å²) in [4.78, 5) is 28.0. The van der Waals surface area contributed by atoms with Crippen molar-refractivity contribution in [3.8, 4) is 11.4 Å². The second-order valence-electron chi connectivity index (χ2n) is 9.70. The van der Waals surface area contributed by atoms with Gasteiger partial charge >= 0.3 is 0 Å². The summed E-state index contributed by atoms with van der Waals surface area (Å²) in [5.74, 6) is -0.151. The fourth-order valence-electron chi connectivity index (χ4n) is 5.23. The van der Waals surface area contributed by atoms with Gasteiger partial charge in [0.05, 0.1) is 19.4 Å². The smallest absolute Gasteiger partial charge is 0.277 e. The summed E-state index contributed by atoms with van der Waals surface area (Å²) in [7, 11) is 1.59. The first-order chi connectivity index (χ1) is 16.4. The summed E-state index contributed by atoms with van der Waals surface area (Å²) < 4.78 is 6.80. The van der Waals surface area contributed by atoms with Crippen LogP contribution in [0, 0.1) is 0 Å². The molecule has 8 heteroatoms. The van der Waals surface area contributed by atoms with E-state index in [1.54, 1.807) is 41.0 Å². The lowest BCUT2D eigenvalue weighted by Gasteiger charge is -2.33. The summed E-state index contributed by atoms with van der Waals surface area (Å²) in [6.07, 6.45) is 3.69. The maximum absolute atomic E-state index is 13.9. The largest absolute Gasteiger partial charge is 0.497 e. The second-order valence-corrected chi connectivity index (χ2v) is 9.70. The molecular formula is C26H26N4O4. The van der Waals surface area contributed by atoms with Crippen LogP contribution in [0.1, 0.15) is 57.8 Å². The number of ether oxygens (including phenoxy) is 1. The number of rotatable bonds is 6. The summed E-state index contributed by atoms with van der Waals surface area (Å²) in [5, 5.41) is 14.3. The van der Waals surface area contributed by atoms with Crippen LogP contribution in [-0.4, -0.2) is 47.0 Å². The van der Waals surface area contributed by atoms with Gasteiger partial charge in [-0.05, 0) is 67.6 Å². The second kappa shape index (κ2) is 7.17. The molecule has 2 aromatic carbocycles. The van der Waals surface area contributed by atoms with Crippen molar-refractivity contribution in [2.24, 2.45) is 5.73 Å². The van der Waals surface area contributed by atoms with E-state index in [2.05, 4.69) is 5.10 Å². The fraction of sp³-hybridized carbons (Fsp3) is 0.346. The zero-order valence-electron chi connectivity index (χ0n) is 19.0. The van der Waals surface area contributed by atoms with Gasteiger partial charge in [0.15, 0.2) is 5.69 Å². The SMILES string of the molecule is COc1ccc(-n2nc(C(N)=O)c3c2C(=O)N(c2ccc(C4(CO)CC4)cc2)CC32CC2)cc1. The Morgan fingerprint density at radius 1 is 1.06 bits per heavy atom. The predicted octanol–water partition coefficient (Wildman–Crippen LogP) is 2.70. The van der Waals surface area contributed by atoms with Crippen LogP contribution in [0.4, 0.5) is 5.69 Å². The van der Waals surface area contributed by atoms with Gasteiger partial charge < -0.3 is 20.5 Å². The molecule has 0 bridgehead atoms. The maximum atomic E-state index is 13.9. The topological polar surface area (TPSA) is 111 Å². The lowest BCUT2D eigenvalue weighted by molar-refractivity contribution is 0.0966. The molecule has 0 saturated heterocycles. The molecule has 2 heterocycles. The van der Waals surface area contributed by atoms with Gasteiger partial charge in [-0.2, -0.15) is 5.10 Å². The minimum Gasteiger partial charge on any atom is -0.497 e. The molecule has 2 aliphatic carbocycles. The van der Waals surface area contributed by atoms with E-state index in [0.717, 1.165) is 36.9 Å². The van der Waals surface area contributed by atoms with E-state index in [1.807, 2.05) is 24.3 Å². The number of carbonyl (C=O) groups excluding carboxylic acids is 2. The van der Waals surface area contributed by atoms with E-state index in [9.17, 15) is 14.7 Å². The molecule has 1 spiro atoms. The molecule has 2 fully saturated rings. The van der Waals surface area contributed by atoms with Gasteiger partial charge in [0.1, 0.15) is 11.4 Å². The molecule has 0 unspecified atom stereocenters. The highest BCUT2D eigenvalue weighted by atomic mass is 16.5. The molecule has 1 aromatic heterocycles. The molecule has 174 valence electrons. The Morgan fingerprint density at radius 2 is 1.71 bits per heavy atom. The van der Waals surface area contributed by atoms with Crippen LogP contribution in [0.2, 0.25) is 0 Å². The Hall–Kier alpha value is -3.65.